The molecule has 0 saturated heterocycles. The van der Waals surface area contributed by atoms with Crippen LogP contribution in [0.5, 0.6) is 5.75 Å². The van der Waals surface area contributed by atoms with Crippen molar-refractivity contribution in [2.24, 2.45) is 0 Å². The SMILES string of the molecule is CC(CN(C)C)NC(=O)Nc1cccc(C(=O)O)c1O. The zero-order valence-corrected chi connectivity index (χ0v) is 11.7. The van der Waals surface area contributed by atoms with Gasteiger partial charge >= 0.3 is 12.0 Å². The van der Waals surface area contributed by atoms with Crippen molar-refractivity contribution in [2.45, 2.75) is 13.0 Å². The number of aromatic hydroxyl groups is 1. The number of hydrogen-bond donors (Lipinski definition) is 4. The number of aromatic carboxylic acids is 1. The van der Waals surface area contributed by atoms with Gasteiger partial charge in [0.15, 0.2) is 5.75 Å². The first-order valence-corrected chi connectivity index (χ1v) is 6.08. The number of urea groups is 1. The molecule has 0 spiro atoms. The minimum absolute atomic E-state index is 0.0550. The van der Waals surface area contributed by atoms with E-state index < -0.39 is 17.7 Å². The molecule has 0 aromatic heterocycles. The van der Waals surface area contributed by atoms with Gasteiger partial charge in [0, 0.05) is 12.6 Å². The predicted octanol–water partition coefficient (Wildman–Crippen LogP) is 1.16. The summed E-state index contributed by atoms with van der Waals surface area (Å²) in [6.45, 7) is 2.50. The van der Waals surface area contributed by atoms with Crippen molar-refractivity contribution >= 4 is 17.7 Å². The number of carbonyl (C=O) groups is 2. The number of carboxylic acid groups (broad SMARTS) is 1. The Morgan fingerprint density at radius 2 is 2.00 bits per heavy atom. The van der Waals surface area contributed by atoms with Crippen molar-refractivity contribution in [1.82, 2.24) is 10.2 Å². The Hall–Kier alpha value is -2.28. The number of nitrogens with one attached hydrogen (secondary N) is 2. The van der Waals surface area contributed by atoms with Crippen LogP contribution < -0.4 is 10.6 Å². The second-order valence-electron chi connectivity index (χ2n) is 4.77. The third-order valence-corrected chi connectivity index (χ3v) is 2.53. The number of anilines is 1. The molecule has 2 amide bonds. The van der Waals surface area contributed by atoms with Crippen molar-refractivity contribution in [1.29, 1.82) is 0 Å². The van der Waals surface area contributed by atoms with Gasteiger partial charge in [0.05, 0.1) is 5.69 Å². The Morgan fingerprint density at radius 3 is 2.55 bits per heavy atom. The Bertz CT molecular complexity index is 502. The van der Waals surface area contributed by atoms with Gasteiger partial charge in [-0.25, -0.2) is 9.59 Å². The molecular weight excluding hydrogens is 262 g/mol. The molecule has 0 aliphatic rings. The summed E-state index contributed by atoms with van der Waals surface area (Å²) in [5.74, 6) is -1.72. The van der Waals surface area contributed by atoms with Crippen LogP contribution in [0.15, 0.2) is 18.2 Å². The zero-order chi connectivity index (χ0) is 15.3. The number of nitrogens with zero attached hydrogens (tertiary/aromatic N) is 1. The zero-order valence-electron chi connectivity index (χ0n) is 11.7. The van der Waals surface area contributed by atoms with E-state index in [-0.39, 0.29) is 17.3 Å². The Kier molecular flexibility index (Phi) is 5.33. The van der Waals surface area contributed by atoms with E-state index >= 15 is 0 Å². The van der Waals surface area contributed by atoms with Crippen LogP contribution in [0.1, 0.15) is 17.3 Å². The minimum atomic E-state index is -1.26. The Labute approximate surface area is 117 Å². The van der Waals surface area contributed by atoms with Gasteiger partial charge < -0.3 is 25.7 Å². The van der Waals surface area contributed by atoms with Crippen LogP contribution in [-0.4, -0.2) is 53.8 Å². The molecule has 7 heteroatoms. The van der Waals surface area contributed by atoms with Gasteiger partial charge in [-0.15, -0.1) is 0 Å². The summed E-state index contributed by atoms with van der Waals surface area (Å²) in [5.41, 5.74) is -0.205. The van der Waals surface area contributed by atoms with Crippen LogP contribution in [0, 0.1) is 0 Å². The van der Waals surface area contributed by atoms with E-state index in [1.807, 2.05) is 25.9 Å². The number of rotatable bonds is 5. The van der Waals surface area contributed by atoms with Crippen LogP contribution in [0.2, 0.25) is 0 Å². The molecule has 0 bridgehead atoms. The fraction of sp³-hybridized carbons (Fsp3) is 0.385. The van der Waals surface area contributed by atoms with E-state index in [9.17, 15) is 14.7 Å². The van der Waals surface area contributed by atoms with E-state index in [0.717, 1.165) is 0 Å². The largest absolute Gasteiger partial charge is 0.505 e. The molecular formula is C13H19N3O4. The Balaban J connectivity index is 2.71. The first kappa shape index (κ1) is 15.8. The maximum Gasteiger partial charge on any atom is 0.339 e. The van der Waals surface area contributed by atoms with Gasteiger partial charge in [-0.1, -0.05) is 6.07 Å². The molecule has 0 heterocycles. The van der Waals surface area contributed by atoms with Crippen LogP contribution >= 0.6 is 0 Å². The van der Waals surface area contributed by atoms with Crippen LogP contribution in [-0.2, 0) is 0 Å². The summed E-state index contributed by atoms with van der Waals surface area (Å²) in [4.78, 5) is 24.5. The molecule has 0 fully saturated rings. The molecule has 1 atom stereocenters. The van der Waals surface area contributed by atoms with Gasteiger partial charge in [-0.2, -0.15) is 0 Å². The van der Waals surface area contributed by atoms with Gasteiger partial charge in [0.25, 0.3) is 0 Å². The average molecular weight is 281 g/mol. The summed E-state index contributed by atoms with van der Waals surface area (Å²) in [6, 6.07) is 3.54. The number of carboxylic acids is 1. The lowest BCUT2D eigenvalue weighted by atomic mass is 10.1. The summed E-state index contributed by atoms with van der Waals surface area (Å²) >= 11 is 0. The predicted molar refractivity (Wildman–Crippen MR) is 75.2 cm³/mol. The van der Waals surface area contributed by atoms with Gasteiger partial charge in [0.1, 0.15) is 5.56 Å². The van der Waals surface area contributed by atoms with E-state index in [1.165, 1.54) is 18.2 Å². The standard InChI is InChI=1S/C13H19N3O4/c1-8(7-16(2)3)14-13(20)15-10-6-4-5-9(11(10)17)12(18)19/h4-6,8,17H,7H2,1-3H3,(H,18,19)(H2,14,15,20). The number of carbonyl (C=O) groups excluding carboxylic acids is 1. The fourth-order valence-electron chi connectivity index (χ4n) is 1.79. The normalized spacial score (nSPS) is 12.0. The lowest BCUT2D eigenvalue weighted by molar-refractivity contribution is 0.0693. The topological polar surface area (TPSA) is 102 Å². The summed E-state index contributed by atoms with van der Waals surface area (Å²) in [6.07, 6.45) is 0. The van der Waals surface area contributed by atoms with Gasteiger partial charge in [0.2, 0.25) is 0 Å². The molecule has 1 aromatic rings. The fourth-order valence-corrected chi connectivity index (χ4v) is 1.79. The number of likely N-dealkylation sites (N-methyl/N-ethyl adjacent to an activating group) is 1. The smallest absolute Gasteiger partial charge is 0.339 e. The molecule has 0 aliphatic heterocycles. The number of benzene rings is 1. The van der Waals surface area contributed by atoms with Crippen LogP contribution in [0.25, 0.3) is 0 Å². The highest BCUT2D eigenvalue weighted by molar-refractivity contribution is 5.97. The summed E-state index contributed by atoms with van der Waals surface area (Å²) in [7, 11) is 3.77. The molecule has 4 N–H and O–H groups in total. The highest BCUT2D eigenvalue weighted by atomic mass is 16.4. The summed E-state index contributed by atoms with van der Waals surface area (Å²) < 4.78 is 0. The maximum absolute atomic E-state index is 11.7. The molecule has 1 rings (SSSR count). The quantitative estimate of drug-likeness (QED) is 0.607. The lowest BCUT2D eigenvalue weighted by Crippen LogP contribution is -2.41. The van der Waals surface area contributed by atoms with Crippen molar-refractivity contribution < 1.29 is 19.8 Å². The first-order chi connectivity index (χ1) is 9.31. The van der Waals surface area contributed by atoms with Crippen molar-refractivity contribution in [3.05, 3.63) is 23.8 Å². The lowest BCUT2D eigenvalue weighted by Gasteiger charge is -2.19. The molecule has 0 saturated carbocycles. The van der Waals surface area contributed by atoms with E-state index in [1.54, 1.807) is 0 Å². The van der Waals surface area contributed by atoms with Gasteiger partial charge in [-0.3, -0.25) is 0 Å². The van der Waals surface area contributed by atoms with Crippen molar-refractivity contribution in [2.75, 3.05) is 26.0 Å². The number of phenols is 1. The van der Waals surface area contributed by atoms with E-state index in [4.69, 9.17) is 5.11 Å². The van der Waals surface area contributed by atoms with Crippen LogP contribution in [0.3, 0.4) is 0 Å². The van der Waals surface area contributed by atoms with E-state index in [0.29, 0.717) is 6.54 Å². The third kappa shape index (κ3) is 4.43. The second-order valence-corrected chi connectivity index (χ2v) is 4.77. The highest BCUT2D eigenvalue weighted by Gasteiger charge is 2.15. The number of amides is 2. The highest BCUT2D eigenvalue weighted by Crippen LogP contribution is 2.27. The Morgan fingerprint density at radius 1 is 1.35 bits per heavy atom. The molecule has 7 nitrogen and oxygen atoms in total. The molecule has 1 aromatic carbocycles. The maximum atomic E-state index is 11.7. The molecule has 0 radical (unpaired) electrons. The molecule has 110 valence electrons. The number of hydrogen-bond acceptors (Lipinski definition) is 4. The first-order valence-electron chi connectivity index (χ1n) is 6.08. The number of para-hydroxylation sites is 1. The second kappa shape index (κ2) is 6.76. The van der Waals surface area contributed by atoms with Crippen molar-refractivity contribution in [3.63, 3.8) is 0 Å². The average Bonchev–Trinajstić information content (AvgIpc) is 2.29. The van der Waals surface area contributed by atoms with Gasteiger partial charge in [-0.05, 0) is 33.2 Å². The van der Waals surface area contributed by atoms with Crippen molar-refractivity contribution in [3.8, 4) is 5.75 Å². The molecule has 1 unspecified atom stereocenters. The van der Waals surface area contributed by atoms with Crippen LogP contribution in [0.4, 0.5) is 10.5 Å². The molecule has 0 aliphatic carbocycles. The molecule has 20 heavy (non-hydrogen) atoms. The monoisotopic (exact) mass is 281 g/mol. The van der Waals surface area contributed by atoms with E-state index in [2.05, 4.69) is 10.6 Å². The summed E-state index contributed by atoms with van der Waals surface area (Å²) in [5, 5.41) is 23.7. The minimum Gasteiger partial charge on any atom is -0.505 e. The third-order valence-electron chi connectivity index (χ3n) is 2.53.